The van der Waals surface area contributed by atoms with Crippen molar-refractivity contribution >= 4 is 17.8 Å². The van der Waals surface area contributed by atoms with Crippen molar-refractivity contribution < 1.29 is 19.5 Å². The van der Waals surface area contributed by atoms with Crippen LogP contribution in [0.5, 0.6) is 0 Å². The molecule has 0 aromatic carbocycles. The molecule has 1 aliphatic rings. The van der Waals surface area contributed by atoms with Crippen LogP contribution >= 0.6 is 0 Å². The normalized spacial score (nSPS) is 17.3. The van der Waals surface area contributed by atoms with E-state index in [9.17, 15) is 19.5 Å². The Morgan fingerprint density at radius 1 is 1.42 bits per heavy atom. The highest BCUT2D eigenvalue weighted by Gasteiger charge is 2.45. The van der Waals surface area contributed by atoms with E-state index in [0.29, 0.717) is 6.42 Å². The van der Waals surface area contributed by atoms with Gasteiger partial charge in [0.05, 0.1) is 5.56 Å². The number of hydrogen-bond acceptors (Lipinski definition) is 4. The minimum absolute atomic E-state index is 0.0297. The standard InChI is InChI=1S/C13H14N2O4/c1-3-7(2)10(13(18)19)15-11(16)8-5-4-6-14-9(8)12(15)17/h4-7,10H,3H2,1-2H3,(H,18,19). The van der Waals surface area contributed by atoms with Gasteiger partial charge in [-0.25, -0.2) is 4.79 Å². The maximum Gasteiger partial charge on any atom is 0.327 e. The molecule has 2 unspecified atom stereocenters. The fourth-order valence-corrected chi connectivity index (χ4v) is 2.17. The molecule has 1 aliphatic heterocycles. The second-order valence-electron chi connectivity index (χ2n) is 4.55. The highest BCUT2D eigenvalue weighted by Crippen LogP contribution is 2.26. The number of carboxylic acids is 1. The third-order valence-electron chi connectivity index (χ3n) is 3.39. The van der Waals surface area contributed by atoms with Crippen molar-refractivity contribution in [3.63, 3.8) is 0 Å². The van der Waals surface area contributed by atoms with Gasteiger partial charge in [-0.2, -0.15) is 0 Å². The average Bonchev–Trinajstić information content (AvgIpc) is 2.64. The smallest absolute Gasteiger partial charge is 0.327 e. The van der Waals surface area contributed by atoms with Gasteiger partial charge in [-0.3, -0.25) is 19.5 Å². The minimum Gasteiger partial charge on any atom is -0.480 e. The Morgan fingerprint density at radius 2 is 2.11 bits per heavy atom. The molecule has 0 radical (unpaired) electrons. The lowest BCUT2D eigenvalue weighted by atomic mass is 9.98. The predicted octanol–water partition coefficient (Wildman–Crippen LogP) is 1.18. The number of carbonyl (C=O) groups excluding carboxylic acids is 2. The van der Waals surface area contributed by atoms with E-state index in [1.807, 2.05) is 6.92 Å². The lowest BCUT2D eigenvalue weighted by molar-refractivity contribution is -0.143. The molecule has 6 heteroatoms. The molecule has 100 valence electrons. The molecule has 0 fully saturated rings. The first-order valence-electron chi connectivity index (χ1n) is 6.04. The lowest BCUT2D eigenvalue weighted by Crippen LogP contribution is -2.48. The number of amides is 2. The molecule has 19 heavy (non-hydrogen) atoms. The summed E-state index contributed by atoms with van der Waals surface area (Å²) in [6, 6.07) is 1.88. The highest BCUT2D eigenvalue weighted by atomic mass is 16.4. The van der Waals surface area contributed by atoms with Crippen LogP contribution in [0.1, 0.15) is 41.1 Å². The maximum atomic E-state index is 12.2. The van der Waals surface area contributed by atoms with Crippen LogP contribution in [0.2, 0.25) is 0 Å². The van der Waals surface area contributed by atoms with Crippen molar-refractivity contribution in [1.82, 2.24) is 9.88 Å². The van der Waals surface area contributed by atoms with Crippen molar-refractivity contribution in [1.29, 1.82) is 0 Å². The monoisotopic (exact) mass is 262 g/mol. The van der Waals surface area contributed by atoms with Gasteiger partial charge >= 0.3 is 5.97 Å². The number of fused-ring (bicyclic) bond motifs is 1. The maximum absolute atomic E-state index is 12.2. The average molecular weight is 262 g/mol. The molecular formula is C13H14N2O4. The van der Waals surface area contributed by atoms with Crippen LogP contribution in [0.25, 0.3) is 0 Å². The molecule has 1 N–H and O–H groups in total. The predicted molar refractivity (Wildman–Crippen MR) is 65.6 cm³/mol. The summed E-state index contributed by atoms with van der Waals surface area (Å²) < 4.78 is 0. The summed E-state index contributed by atoms with van der Waals surface area (Å²) >= 11 is 0. The number of carboxylic acid groups (broad SMARTS) is 1. The topological polar surface area (TPSA) is 87.6 Å². The molecule has 0 saturated carbocycles. The quantitative estimate of drug-likeness (QED) is 0.823. The van der Waals surface area contributed by atoms with Crippen molar-refractivity contribution in [3.05, 3.63) is 29.6 Å². The van der Waals surface area contributed by atoms with Gasteiger partial charge in [0.1, 0.15) is 11.7 Å². The summed E-state index contributed by atoms with van der Waals surface area (Å²) in [7, 11) is 0. The fraction of sp³-hybridized carbons (Fsp3) is 0.385. The van der Waals surface area contributed by atoms with Gasteiger partial charge in [0.2, 0.25) is 0 Å². The van der Waals surface area contributed by atoms with Crippen LogP contribution < -0.4 is 0 Å². The first-order chi connectivity index (χ1) is 8.99. The Hall–Kier alpha value is -2.24. The fourth-order valence-electron chi connectivity index (χ4n) is 2.17. The third-order valence-corrected chi connectivity index (χ3v) is 3.39. The van der Waals surface area contributed by atoms with Gasteiger partial charge in [-0.1, -0.05) is 20.3 Å². The summed E-state index contributed by atoms with van der Waals surface area (Å²) in [5, 5.41) is 9.28. The Balaban J connectivity index is 2.45. The van der Waals surface area contributed by atoms with Gasteiger partial charge in [-0.05, 0) is 18.1 Å². The van der Waals surface area contributed by atoms with Crippen LogP contribution in [0.4, 0.5) is 0 Å². The largest absolute Gasteiger partial charge is 0.480 e. The van der Waals surface area contributed by atoms with Crippen LogP contribution in [-0.4, -0.2) is 38.8 Å². The van der Waals surface area contributed by atoms with E-state index in [0.717, 1.165) is 4.90 Å². The summed E-state index contributed by atoms with van der Waals surface area (Å²) in [5.74, 6) is -2.71. The Labute approximate surface area is 110 Å². The molecule has 2 heterocycles. The number of pyridine rings is 1. The summed E-state index contributed by atoms with van der Waals surface area (Å²) in [6.07, 6.45) is 1.96. The molecule has 0 aliphatic carbocycles. The van der Waals surface area contributed by atoms with E-state index in [-0.39, 0.29) is 17.2 Å². The molecule has 2 atom stereocenters. The molecule has 1 aromatic heterocycles. The minimum atomic E-state index is -1.18. The van der Waals surface area contributed by atoms with Crippen LogP contribution in [-0.2, 0) is 4.79 Å². The molecule has 2 amide bonds. The number of carbonyl (C=O) groups is 3. The third kappa shape index (κ3) is 1.99. The Bertz CT molecular complexity index is 520. The van der Waals surface area contributed by atoms with Crippen molar-refractivity contribution in [2.24, 2.45) is 5.92 Å². The second kappa shape index (κ2) is 4.79. The molecule has 0 spiro atoms. The van der Waals surface area contributed by atoms with Gasteiger partial charge in [0.15, 0.2) is 0 Å². The van der Waals surface area contributed by atoms with E-state index < -0.39 is 23.8 Å². The zero-order chi connectivity index (χ0) is 14.2. The molecule has 2 rings (SSSR count). The summed E-state index contributed by atoms with van der Waals surface area (Å²) in [5.41, 5.74) is 0.198. The molecule has 1 aromatic rings. The molecular weight excluding hydrogens is 248 g/mol. The number of aromatic nitrogens is 1. The number of hydrogen-bond donors (Lipinski definition) is 1. The molecule has 0 saturated heterocycles. The van der Waals surface area contributed by atoms with Crippen molar-refractivity contribution in [2.75, 3.05) is 0 Å². The Morgan fingerprint density at radius 3 is 2.63 bits per heavy atom. The number of imide groups is 1. The molecule has 6 nitrogen and oxygen atoms in total. The SMILES string of the molecule is CCC(C)C(C(=O)O)N1C(=O)c2cccnc2C1=O. The van der Waals surface area contributed by atoms with E-state index >= 15 is 0 Å². The van der Waals surface area contributed by atoms with E-state index in [1.54, 1.807) is 13.0 Å². The van der Waals surface area contributed by atoms with E-state index in [4.69, 9.17) is 0 Å². The number of aliphatic carboxylic acids is 1. The van der Waals surface area contributed by atoms with E-state index in [2.05, 4.69) is 4.98 Å². The second-order valence-corrected chi connectivity index (χ2v) is 4.55. The van der Waals surface area contributed by atoms with Crippen LogP contribution in [0, 0.1) is 5.92 Å². The Kier molecular flexibility index (Phi) is 3.33. The van der Waals surface area contributed by atoms with E-state index in [1.165, 1.54) is 12.3 Å². The highest BCUT2D eigenvalue weighted by molar-refractivity contribution is 6.21. The van der Waals surface area contributed by atoms with Crippen molar-refractivity contribution in [3.8, 4) is 0 Å². The van der Waals surface area contributed by atoms with Gasteiger partial charge in [0.25, 0.3) is 11.8 Å². The zero-order valence-electron chi connectivity index (χ0n) is 10.7. The zero-order valence-corrected chi connectivity index (χ0v) is 10.7. The first kappa shape index (κ1) is 13.2. The van der Waals surface area contributed by atoms with Crippen LogP contribution in [0.15, 0.2) is 18.3 Å². The summed E-state index contributed by atoms with van der Waals surface area (Å²) in [4.78, 5) is 40.4. The lowest BCUT2D eigenvalue weighted by Gasteiger charge is -2.26. The number of rotatable bonds is 4. The molecule has 0 bridgehead atoms. The van der Waals surface area contributed by atoms with Gasteiger partial charge < -0.3 is 5.11 Å². The first-order valence-corrected chi connectivity index (χ1v) is 6.04. The number of nitrogens with zero attached hydrogens (tertiary/aromatic N) is 2. The van der Waals surface area contributed by atoms with Crippen molar-refractivity contribution in [2.45, 2.75) is 26.3 Å². The summed E-state index contributed by atoms with van der Waals surface area (Å²) in [6.45, 7) is 3.52. The van der Waals surface area contributed by atoms with Crippen LogP contribution in [0.3, 0.4) is 0 Å². The van der Waals surface area contributed by atoms with Gasteiger partial charge in [-0.15, -0.1) is 0 Å². The van der Waals surface area contributed by atoms with Gasteiger partial charge in [0, 0.05) is 6.20 Å².